The first-order chi connectivity index (χ1) is 8.54. The standard InChI is InChI=1S/C11H18N2O3S2/c1-8(9-3-2-5-16-9)13-18(14,15)11-4-6-17-10(11)7-12/h4,6,8-9,13H,2-3,5,7,12H2,1H3. The number of thiophene rings is 1. The normalized spacial score (nSPS) is 22.2. The maximum absolute atomic E-state index is 12.2. The van der Waals surface area contributed by atoms with E-state index < -0.39 is 10.0 Å². The summed E-state index contributed by atoms with van der Waals surface area (Å²) in [6.07, 6.45) is 1.86. The Kier molecular flexibility index (Phi) is 4.39. The predicted molar refractivity (Wildman–Crippen MR) is 71.0 cm³/mol. The van der Waals surface area contributed by atoms with Crippen LogP contribution in [0.4, 0.5) is 0 Å². The van der Waals surface area contributed by atoms with Crippen molar-refractivity contribution < 1.29 is 13.2 Å². The van der Waals surface area contributed by atoms with Crippen molar-refractivity contribution >= 4 is 21.4 Å². The summed E-state index contributed by atoms with van der Waals surface area (Å²) >= 11 is 1.36. The smallest absolute Gasteiger partial charge is 0.242 e. The number of rotatable bonds is 5. The molecule has 2 atom stereocenters. The van der Waals surface area contributed by atoms with Crippen LogP contribution in [0.1, 0.15) is 24.6 Å². The molecule has 0 aromatic carbocycles. The Labute approximate surface area is 111 Å². The van der Waals surface area contributed by atoms with Crippen molar-refractivity contribution in [2.24, 2.45) is 5.73 Å². The number of hydrogen-bond acceptors (Lipinski definition) is 5. The molecule has 1 aromatic rings. The number of nitrogens with two attached hydrogens (primary N) is 1. The van der Waals surface area contributed by atoms with Gasteiger partial charge in [0, 0.05) is 24.1 Å². The lowest BCUT2D eigenvalue weighted by Gasteiger charge is -2.19. The van der Waals surface area contributed by atoms with Gasteiger partial charge in [-0.05, 0) is 31.2 Å². The van der Waals surface area contributed by atoms with E-state index in [2.05, 4.69) is 4.72 Å². The first-order valence-electron chi connectivity index (χ1n) is 5.95. The minimum Gasteiger partial charge on any atom is -0.377 e. The summed E-state index contributed by atoms with van der Waals surface area (Å²) in [4.78, 5) is 0.974. The van der Waals surface area contributed by atoms with Gasteiger partial charge in [0.15, 0.2) is 0 Å². The Morgan fingerprint density at radius 2 is 2.44 bits per heavy atom. The molecular formula is C11H18N2O3S2. The van der Waals surface area contributed by atoms with Gasteiger partial charge in [0.05, 0.1) is 11.0 Å². The molecule has 7 heteroatoms. The lowest BCUT2D eigenvalue weighted by Crippen LogP contribution is -2.40. The summed E-state index contributed by atoms with van der Waals surface area (Å²) in [5.74, 6) is 0. The SMILES string of the molecule is CC(NS(=O)(=O)c1ccsc1CN)C1CCCO1. The minimum absolute atomic E-state index is 0.0280. The number of hydrogen-bond donors (Lipinski definition) is 2. The molecule has 1 fully saturated rings. The van der Waals surface area contributed by atoms with Gasteiger partial charge in [0.1, 0.15) is 0 Å². The van der Waals surface area contributed by atoms with Crippen LogP contribution in [0.25, 0.3) is 0 Å². The van der Waals surface area contributed by atoms with E-state index in [0.29, 0.717) is 16.4 Å². The molecule has 0 bridgehead atoms. The fourth-order valence-electron chi connectivity index (χ4n) is 2.10. The Morgan fingerprint density at radius 1 is 1.67 bits per heavy atom. The van der Waals surface area contributed by atoms with E-state index in [1.807, 2.05) is 6.92 Å². The van der Waals surface area contributed by atoms with E-state index in [9.17, 15) is 8.42 Å². The third kappa shape index (κ3) is 2.92. The molecule has 1 aliphatic heterocycles. The van der Waals surface area contributed by atoms with Crippen LogP contribution in [0.5, 0.6) is 0 Å². The highest BCUT2D eigenvalue weighted by atomic mass is 32.2. The molecule has 1 saturated heterocycles. The minimum atomic E-state index is -3.50. The van der Waals surface area contributed by atoms with Crippen LogP contribution >= 0.6 is 11.3 Å². The molecule has 0 amide bonds. The van der Waals surface area contributed by atoms with Crippen molar-refractivity contribution in [3.05, 3.63) is 16.3 Å². The van der Waals surface area contributed by atoms with Crippen molar-refractivity contribution in [3.63, 3.8) is 0 Å². The summed E-state index contributed by atoms with van der Waals surface area (Å²) in [6, 6.07) is 1.38. The topological polar surface area (TPSA) is 81.4 Å². The first kappa shape index (κ1) is 14.0. The lowest BCUT2D eigenvalue weighted by atomic mass is 10.1. The average Bonchev–Trinajstić information content (AvgIpc) is 2.99. The summed E-state index contributed by atoms with van der Waals surface area (Å²) < 4.78 is 32.6. The molecule has 1 aliphatic rings. The number of sulfonamides is 1. The first-order valence-corrected chi connectivity index (χ1v) is 8.31. The molecule has 0 saturated carbocycles. The summed E-state index contributed by atoms with van der Waals surface area (Å²) in [5, 5.41) is 1.74. The van der Waals surface area contributed by atoms with Crippen molar-refractivity contribution in [1.29, 1.82) is 0 Å². The largest absolute Gasteiger partial charge is 0.377 e. The van der Waals surface area contributed by atoms with Gasteiger partial charge >= 0.3 is 0 Å². The van der Waals surface area contributed by atoms with E-state index in [1.165, 1.54) is 11.3 Å². The van der Waals surface area contributed by atoms with Crippen LogP contribution < -0.4 is 10.5 Å². The van der Waals surface area contributed by atoms with Gasteiger partial charge in [-0.1, -0.05) is 0 Å². The number of ether oxygens (including phenoxy) is 1. The molecule has 3 N–H and O–H groups in total. The molecular weight excluding hydrogens is 272 g/mol. The van der Waals surface area contributed by atoms with Crippen molar-refractivity contribution in [2.75, 3.05) is 6.61 Å². The van der Waals surface area contributed by atoms with Gasteiger partial charge in [0.25, 0.3) is 0 Å². The van der Waals surface area contributed by atoms with Gasteiger partial charge in [-0.25, -0.2) is 13.1 Å². The van der Waals surface area contributed by atoms with Crippen LogP contribution in [0.3, 0.4) is 0 Å². The van der Waals surface area contributed by atoms with Crippen LogP contribution in [0.15, 0.2) is 16.3 Å². The van der Waals surface area contributed by atoms with E-state index in [-0.39, 0.29) is 18.7 Å². The number of nitrogens with one attached hydrogen (secondary N) is 1. The average molecular weight is 290 g/mol. The second kappa shape index (κ2) is 5.66. The zero-order valence-corrected chi connectivity index (χ0v) is 11.9. The molecule has 0 aliphatic carbocycles. The van der Waals surface area contributed by atoms with Gasteiger partial charge in [0.2, 0.25) is 10.0 Å². The third-order valence-corrected chi connectivity index (χ3v) is 5.76. The van der Waals surface area contributed by atoms with Crippen LogP contribution in [0, 0.1) is 0 Å². The van der Waals surface area contributed by atoms with Gasteiger partial charge in [-0.3, -0.25) is 0 Å². The van der Waals surface area contributed by atoms with Crippen LogP contribution in [-0.2, 0) is 21.3 Å². The molecule has 1 aromatic heterocycles. The van der Waals surface area contributed by atoms with E-state index >= 15 is 0 Å². The summed E-state index contributed by atoms with van der Waals surface area (Å²) in [6.45, 7) is 2.79. The van der Waals surface area contributed by atoms with Crippen molar-refractivity contribution in [1.82, 2.24) is 4.72 Å². The van der Waals surface area contributed by atoms with Crippen LogP contribution in [0.2, 0.25) is 0 Å². The van der Waals surface area contributed by atoms with Gasteiger partial charge in [-0.2, -0.15) is 0 Å². The molecule has 18 heavy (non-hydrogen) atoms. The molecule has 2 unspecified atom stereocenters. The van der Waals surface area contributed by atoms with E-state index in [4.69, 9.17) is 10.5 Å². The highest BCUT2D eigenvalue weighted by molar-refractivity contribution is 7.89. The predicted octanol–water partition coefficient (Wildman–Crippen LogP) is 1.05. The fraction of sp³-hybridized carbons (Fsp3) is 0.636. The molecule has 2 heterocycles. The highest BCUT2D eigenvalue weighted by Crippen LogP contribution is 2.23. The second-order valence-corrected chi connectivity index (χ2v) is 7.06. The fourth-order valence-corrected chi connectivity index (χ4v) is 4.70. The maximum atomic E-state index is 12.2. The van der Waals surface area contributed by atoms with Crippen LogP contribution in [-0.4, -0.2) is 27.2 Å². The van der Waals surface area contributed by atoms with Crippen molar-refractivity contribution in [3.8, 4) is 0 Å². The van der Waals surface area contributed by atoms with E-state index in [1.54, 1.807) is 11.4 Å². The third-order valence-electron chi connectivity index (χ3n) is 3.04. The van der Waals surface area contributed by atoms with Crippen molar-refractivity contribution in [2.45, 2.75) is 43.4 Å². The molecule has 102 valence electrons. The quantitative estimate of drug-likeness (QED) is 0.849. The highest BCUT2D eigenvalue weighted by Gasteiger charge is 2.28. The van der Waals surface area contributed by atoms with Gasteiger partial charge < -0.3 is 10.5 Å². The Hall–Kier alpha value is -0.470. The molecule has 0 radical (unpaired) electrons. The Morgan fingerprint density at radius 3 is 3.06 bits per heavy atom. The molecule has 2 rings (SSSR count). The second-order valence-electron chi connectivity index (χ2n) is 4.37. The Balaban J connectivity index is 2.11. The van der Waals surface area contributed by atoms with Gasteiger partial charge in [-0.15, -0.1) is 11.3 Å². The zero-order chi connectivity index (χ0) is 13.2. The maximum Gasteiger partial charge on any atom is 0.242 e. The summed E-state index contributed by atoms with van der Waals surface area (Å²) in [7, 11) is -3.50. The Bertz CT molecular complexity index is 492. The lowest BCUT2D eigenvalue weighted by molar-refractivity contribution is 0.0902. The molecule has 0 spiro atoms. The van der Waals surface area contributed by atoms with E-state index in [0.717, 1.165) is 12.8 Å². The molecule has 5 nitrogen and oxygen atoms in total. The summed E-state index contributed by atoms with van der Waals surface area (Å²) in [5.41, 5.74) is 5.54. The monoisotopic (exact) mass is 290 g/mol. The zero-order valence-electron chi connectivity index (χ0n) is 10.3.